The average Bonchev–Trinajstić information content (AvgIpc) is 2.42. The Kier molecular flexibility index (Phi) is 5.24. The molecule has 1 aliphatic heterocycles. The third kappa shape index (κ3) is 3.70. The zero-order valence-electron chi connectivity index (χ0n) is 10.5. The summed E-state index contributed by atoms with van der Waals surface area (Å²) in [6, 6.07) is 3.66. The molecule has 0 radical (unpaired) electrons. The first-order chi connectivity index (χ1) is 9.11. The van der Waals surface area contributed by atoms with Gasteiger partial charge in [-0.1, -0.05) is 0 Å². The minimum absolute atomic E-state index is 0.0234. The minimum Gasteiger partial charge on any atom is -0.495 e. The summed E-state index contributed by atoms with van der Waals surface area (Å²) >= 11 is 6.84. The van der Waals surface area contributed by atoms with E-state index < -0.39 is 0 Å². The number of methoxy groups -OCH3 is 1. The molecule has 1 fully saturated rings. The maximum atomic E-state index is 12.2. The number of hydrogen-bond acceptors (Lipinski definition) is 3. The predicted octanol–water partition coefficient (Wildman–Crippen LogP) is 3.59. The Hall–Kier alpha value is -0.590. The summed E-state index contributed by atoms with van der Waals surface area (Å²) in [5.41, 5.74) is 0.719. The number of benzene rings is 1. The number of halogens is 2. The molecule has 0 saturated carbocycles. The van der Waals surface area contributed by atoms with Gasteiger partial charge in [0.1, 0.15) is 5.75 Å². The lowest BCUT2D eigenvalue weighted by Gasteiger charge is -2.21. The number of anilines is 1. The van der Waals surface area contributed by atoms with Crippen LogP contribution < -0.4 is 10.1 Å². The molecule has 1 heterocycles. The number of nitrogens with one attached hydrogen (secondary N) is 1. The normalized spacial score (nSPS) is 16.2. The molecule has 0 unspecified atom stereocenters. The fourth-order valence-corrected chi connectivity index (χ4v) is 3.23. The molecular weight excluding hydrogens is 378 g/mol. The van der Waals surface area contributed by atoms with Crippen LogP contribution in [0.5, 0.6) is 5.75 Å². The Morgan fingerprint density at radius 3 is 2.63 bits per heavy atom. The zero-order chi connectivity index (χ0) is 13.8. The van der Waals surface area contributed by atoms with Crippen LogP contribution >= 0.6 is 31.9 Å². The summed E-state index contributed by atoms with van der Waals surface area (Å²) < 4.78 is 12.1. The van der Waals surface area contributed by atoms with Crippen LogP contribution in [0.3, 0.4) is 0 Å². The molecule has 104 valence electrons. The molecule has 0 atom stereocenters. The first-order valence-electron chi connectivity index (χ1n) is 6.03. The second-order valence-electron chi connectivity index (χ2n) is 4.34. The summed E-state index contributed by atoms with van der Waals surface area (Å²) in [5.74, 6) is 0.745. The third-order valence-electron chi connectivity index (χ3n) is 3.09. The molecule has 1 saturated heterocycles. The van der Waals surface area contributed by atoms with Gasteiger partial charge in [0.15, 0.2) is 0 Å². The molecule has 19 heavy (non-hydrogen) atoms. The molecule has 4 nitrogen and oxygen atoms in total. The van der Waals surface area contributed by atoms with Gasteiger partial charge in [0.2, 0.25) is 5.91 Å². The van der Waals surface area contributed by atoms with Crippen LogP contribution in [0.25, 0.3) is 0 Å². The Bertz CT molecular complexity index is 473. The molecule has 0 aromatic heterocycles. The van der Waals surface area contributed by atoms with Crippen LogP contribution in [0.15, 0.2) is 21.1 Å². The van der Waals surface area contributed by atoms with Crippen molar-refractivity contribution in [2.24, 2.45) is 5.92 Å². The number of carbonyl (C=O) groups excluding carboxylic acids is 1. The maximum absolute atomic E-state index is 12.2. The fourth-order valence-electron chi connectivity index (χ4n) is 1.98. The lowest BCUT2D eigenvalue weighted by molar-refractivity contribution is -0.122. The smallest absolute Gasteiger partial charge is 0.227 e. The Labute approximate surface area is 129 Å². The quantitative estimate of drug-likeness (QED) is 0.854. The third-order valence-corrected chi connectivity index (χ3v) is 4.37. The molecule has 0 aliphatic carbocycles. The number of ether oxygens (including phenoxy) is 2. The largest absolute Gasteiger partial charge is 0.495 e. The highest BCUT2D eigenvalue weighted by Crippen LogP contribution is 2.35. The van der Waals surface area contributed by atoms with Crippen molar-refractivity contribution in [2.45, 2.75) is 12.8 Å². The first-order valence-corrected chi connectivity index (χ1v) is 7.62. The van der Waals surface area contributed by atoms with Crippen molar-refractivity contribution in [3.63, 3.8) is 0 Å². The second-order valence-corrected chi connectivity index (χ2v) is 6.05. The topological polar surface area (TPSA) is 47.6 Å². The van der Waals surface area contributed by atoms with Gasteiger partial charge in [-0.3, -0.25) is 4.79 Å². The molecule has 6 heteroatoms. The highest BCUT2D eigenvalue weighted by atomic mass is 79.9. The number of amides is 1. The highest BCUT2D eigenvalue weighted by Gasteiger charge is 2.22. The van der Waals surface area contributed by atoms with Crippen molar-refractivity contribution in [3.05, 3.63) is 21.1 Å². The van der Waals surface area contributed by atoms with E-state index in [0.29, 0.717) is 19.0 Å². The van der Waals surface area contributed by atoms with Gasteiger partial charge in [0.05, 0.1) is 17.3 Å². The molecule has 2 rings (SSSR count). The monoisotopic (exact) mass is 391 g/mol. The molecule has 1 aromatic rings. The fraction of sp³-hybridized carbons (Fsp3) is 0.462. The summed E-state index contributed by atoms with van der Waals surface area (Å²) in [6.07, 6.45) is 1.55. The van der Waals surface area contributed by atoms with Gasteiger partial charge in [-0.25, -0.2) is 0 Å². The van der Waals surface area contributed by atoms with Gasteiger partial charge in [-0.15, -0.1) is 0 Å². The van der Waals surface area contributed by atoms with E-state index in [9.17, 15) is 4.79 Å². The molecular formula is C13H15Br2NO3. The number of carbonyl (C=O) groups is 1. The van der Waals surface area contributed by atoms with Gasteiger partial charge in [0, 0.05) is 29.7 Å². The van der Waals surface area contributed by atoms with Crippen LogP contribution in [-0.2, 0) is 9.53 Å². The van der Waals surface area contributed by atoms with Gasteiger partial charge < -0.3 is 14.8 Å². The molecule has 1 N–H and O–H groups in total. The van der Waals surface area contributed by atoms with Crippen LogP contribution in [-0.4, -0.2) is 26.2 Å². The summed E-state index contributed by atoms with van der Waals surface area (Å²) in [6.45, 7) is 1.31. The van der Waals surface area contributed by atoms with Crippen molar-refractivity contribution in [1.29, 1.82) is 0 Å². The molecule has 1 aliphatic rings. The maximum Gasteiger partial charge on any atom is 0.227 e. The highest BCUT2D eigenvalue weighted by molar-refractivity contribution is 9.11. The molecule has 1 amide bonds. The van der Waals surface area contributed by atoms with E-state index in [4.69, 9.17) is 9.47 Å². The Morgan fingerprint density at radius 2 is 2.00 bits per heavy atom. The summed E-state index contributed by atoms with van der Waals surface area (Å²) in [5, 5.41) is 2.94. The van der Waals surface area contributed by atoms with E-state index in [1.165, 1.54) is 0 Å². The van der Waals surface area contributed by atoms with E-state index in [0.717, 1.165) is 27.5 Å². The van der Waals surface area contributed by atoms with Crippen molar-refractivity contribution in [3.8, 4) is 5.75 Å². The predicted molar refractivity (Wildman–Crippen MR) is 80.6 cm³/mol. The summed E-state index contributed by atoms with van der Waals surface area (Å²) in [7, 11) is 1.60. The van der Waals surface area contributed by atoms with E-state index in [1.54, 1.807) is 13.2 Å². The number of rotatable bonds is 3. The molecule has 0 spiro atoms. The van der Waals surface area contributed by atoms with Crippen LogP contribution in [0.4, 0.5) is 5.69 Å². The van der Waals surface area contributed by atoms with E-state index in [1.807, 2.05) is 6.07 Å². The van der Waals surface area contributed by atoms with Crippen LogP contribution in [0.2, 0.25) is 0 Å². The summed E-state index contributed by atoms with van der Waals surface area (Å²) in [4.78, 5) is 12.2. The standard InChI is InChI=1S/C13H15Br2NO3/c1-18-12-7-11(9(14)6-10(12)15)16-13(17)8-2-4-19-5-3-8/h6-8H,2-5H2,1H3,(H,16,17). The van der Waals surface area contributed by atoms with Crippen LogP contribution in [0.1, 0.15) is 12.8 Å². The second kappa shape index (κ2) is 6.72. The van der Waals surface area contributed by atoms with E-state index in [-0.39, 0.29) is 11.8 Å². The zero-order valence-corrected chi connectivity index (χ0v) is 13.7. The minimum atomic E-state index is 0.0234. The van der Waals surface area contributed by atoms with Crippen molar-refractivity contribution in [2.75, 3.05) is 25.6 Å². The number of hydrogen-bond donors (Lipinski definition) is 1. The average molecular weight is 393 g/mol. The lowest BCUT2D eigenvalue weighted by Crippen LogP contribution is -2.28. The van der Waals surface area contributed by atoms with Crippen molar-refractivity contribution in [1.82, 2.24) is 0 Å². The van der Waals surface area contributed by atoms with Gasteiger partial charge in [-0.05, 0) is 50.8 Å². The van der Waals surface area contributed by atoms with Gasteiger partial charge in [-0.2, -0.15) is 0 Å². The van der Waals surface area contributed by atoms with Crippen molar-refractivity contribution >= 4 is 43.5 Å². The van der Waals surface area contributed by atoms with E-state index >= 15 is 0 Å². The SMILES string of the molecule is COc1cc(NC(=O)C2CCOCC2)c(Br)cc1Br. The first kappa shape index (κ1) is 14.8. The van der Waals surface area contributed by atoms with Crippen molar-refractivity contribution < 1.29 is 14.3 Å². The Morgan fingerprint density at radius 1 is 1.32 bits per heavy atom. The molecule has 0 bridgehead atoms. The lowest BCUT2D eigenvalue weighted by atomic mass is 9.99. The van der Waals surface area contributed by atoms with Gasteiger partial charge >= 0.3 is 0 Å². The van der Waals surface area contributed by atoms with Crippen LogP contribution in [0, 0.1) is 5.92 Å². The Balaban J connectivity index is 2.11. The van der Waals surface area contributed by atoms with Gasteiger partial charge in [0.25, 0.3) is 0 Å². The molecule has 1 aromatic carbocycles. The van der Waals surface area contributed by atoms with E-state index in [2.05, 4.69) is 37.2 Å².